The van der Waals surface area contributed by atoms with Crippen LogP contribution in [0.3, 0.4) is 0 Å². The minimum absolute atomic E-state index is 0.144. The Balaban J connectivity index is 1.97. The molecule has 0 spiro atoms. The van der Waals surface area contributed by atoms with E-state index in [1.807, 2.05) is 18.2 Å². The van der Waals surface area contributed by atoms with Crippen LogP contribution in [0.1, 0.15) is 31.2 Å². The quantitative estimate of drug-likeness (QED) is 0.890. The van der Waals surface area contributed by atoms with E-state index in [9.17, 15) is 4.79 Å². The molecule has 3 heteroatoms. The highest BCUT2D eigenvalue weighted by Crippen LogP contribution is 2.32. The molecule has 1 N–H and O–H groups in total. The average molecular weight is 248 g/mol. The number of aliphatic carboxylic acids is 1. The summed E-state index contributed by atoms with van der Waals surface area (Å²) in [6.45, 7) is 0. The van der Waals surface area contributed by atoms with Gasteiger partial charge in [-0.15, -0.1) is 0 Å². The number of carboxylic acid groups (broad SMARTS) is 1. The van der Waals surface area contributed by atoms with Gasteiger partial charge in [-0.1, -0.05) is 25.0 Å². The predicted octanol–water partition coefficient (Wildman–Crippen LogP) is 3.13. The molecular weight excluding hydrogens is 228 g/mol. The highest BCUT2D eigenvalue weighted by molar-refractivity contribution is 5.70. The van der Waals surface area contributed by atoms with Gasteiger partial charge in [0, 0.05) is 0 Å². The van der Waals surface area contributed by atoms with Gasteiger partial charge in [-0.2, -0.15) is 0 Å². The van der Waals surface area contributed by atoms with Crippen molar-refractivity contribution in [2.24, 2.45) is 11.8 Å². The van der Waals surface area contributed by atoms with E-state index in [0.29, 0.717) is 5.92 Å². The normalized spacial score (nSPS) is 23.6. The number of ether oxygens (including phenoxy) is 1. The predicted molar refractivity (Wildman–Crippen MR) is 69.8 cm³/mol. The molecule has 2 unspecified atom stereocenters. The van der Waals surface area contributed by atoms with Gasteiger partial charge >= 0.3 is 5.97 Å². The fourth-order valence-electron chi connectivity index (χ4n) is 2.83. The lowest BCUT2D eigenvalue weighted by Gasteiger charge is -2.26. The minimum atomic E-state index is -0.634. The number of hydrogen-bond donors (Lipinski definition) is 1. The van der Waals surface area contributed by atoms with Crippen molar-refractivity contribution >= 4 is 5.97 Å². The number of methoxy groups -OCH3 is 1. The van der Waals surface area contributed by atoms with Crippen LogP contribution in [0.5, 0.6) is 5.75 Å². The average Bonchev–Trinajstić information content (AvgIpc) is 2.39. The summed E-state index contributed by atoms with van der Waals surface area (Å²) in [6, 6.07) is 8.06. The largest absolute Gasteiger partial charge is 0.497 e. The Morgan fingerprint density at radius 1 is 1.44 bits per heavy atom. The summed E-state index contributed by atoms with van der Waals surface area (Å²) < 4.78 is 5.21. The van der Waals surface area contributed by atoms with E-state index in [4.69, 9.17) is 9.84 Å². The van der Waals surface area contributed by atoms with E-state index in [1.165, 1.54) is 5.56 Å². The van der Waals surface area contributed by atoms with Gasteiger partial charge in [0.05, 0.1) is 13.0 Å². The van der Waals surface area contributed by atoms with Crippen LogP contribution in [-0.4, -0.2) is 18.2 Å². The Kier molecular flexibility index (Phi) is 4.24. The van der Waals surface area contributed by atoms with Crippen molar-refractivity contribution in [3.05, 3.63) is 29.8 Å². The van der Waals surface area contributed by atoms with Crippen molar-refractivity contribution < 1.29 is 14.6 Å². The van der Waals surface area contributed by atoms with Gasteiger partial charge in [0.15, 0.2) is 0 Å². The van der Waals surface area contributed by atoms with Gasteiger partial charge in [0.1, 0.15) is 5.75 Å². The maximum Gasteiger partial charge on any atom is 0.306 e. The van der Waals surface area contributed by atoms with Crippen molar-refractivity contribution in [2.75, 3.05) is 7.11 Å². The Bertz CT molecular complexity index is 414. The lowest BCUT2D eigenvalue weighted by molar-refractivity contribution is -0.143. The first-order chi connectivity index (χ1) is 8.69. The molecule has 0 radical (unpaired) electrons. The molecule has 18 heavy (non-hydrogen) atoms. The molecule has 2 atom stereocenters. The van der Waals surface area contributed by atoms with E-state index < -0.39 is 5.97 Å². The number of carbonyl (C=O) groups is 1. The molecule has 1 aliphatic carbocycles. The van der Waals surface area contributed by atoms with Gasteiger partial charge < -0.3 is 9.84 Å². The first kappa shape index (κ1) is 12.9. The summed E-state index contributed by atoms with van der Waals surface area (Å²) >= 11 is 0. The second-order valence-corrected chi connectivity index (χ2v) is 5.12. The van der Waals surface area contributed by atoms with Crippen LogP contribution in [0.4, 0.5) is 0 Å². The Morgan fingerprint density at radius 2 is 2.28 bits per heavy atom. The summed E-state index contributed by atoms with van der Waals surface area (Å²) in [4.78, 5) is 11.0. The molecule has 0 saturated heterocycles. The van der Waals surface area contributed by atoms with Crippen molar-refractivity contribution in [3.8, 4) is 5.75 Å². The number of rotatable bonds is 4. The molecule has 1 fully saturated rings. The van der Waals surface area contributed by atoms with Crippen LogP contribution < -0.4 is 4.74 Å². The topological polar surface area (TPSA) is 46.5 Å². The summed E-state index contributed by atoms with van der Waals surface area (Å²) in [5.74, 6) is 0.588. The summed E-state index contributed by atoms with van der Waals surface area (Å²) in [5, 5.41) is 9.08. The SMILES string of the molecule is COc1cccc(CC2CCCC(C(=O)O)C2)c1. The van der Waals surface area contributed by atoms with E-state index in [0.717, 1.165) is 37.9 Å². The van der Waals surface area contributed by atoms with E-state index in [2.05, 4.69) is 6.07 Å². The second-order valence-electron chi connectivity index (χ2n) is 5.12. The van der Waals surface area contributed by atoms with Gasteiger partial charge in [0.2, 0.25) is 0 Å². The van der Waals surface area contributed by atoms with Crippen LogP contribution in [0.2, 0.25) is 0 Å². The molecule has 3 nitrogen and oxygen atoms in total. The number of hydrogen-bond acceptors (Lipinski definition) is 2. The van der Waals surface area contributed by atoms with Crippen LogP contribution in [-0.2, 0) is 11.2 Å². The summed E-state index contributed by atoms with van der Waals surface area (Å²) in [6.07, 6.45) is 4.78. The van der Waals surface area contributed by atoms with Crippen molar-refractivity contribution in [1.29, 1.82) is 0 Å². The number of benzene rings is 1. The molecular formula is C15H20O3. The van der Waals surface area contributed by atoms with Gasteiger partial charge in [0.25, 0.3) is 0 Å². The van der Waals surface area contributed by atoms with E-state index in [-0.39, 0.29) is 5.92 Å². The lowest BCUT2D eigenvalue weighted by atomic mass is 9.78. The lowest BCUT2D eigenvalue weighted by Crippen LogP contribution is -2.23. The zero-order valence-corrected chi connectivity index (χ0v) is 10.8. The van der Waals surface area contributed by atoms with Gasteiger partial charge in [-0.05, 0) is 42.9 Å². The first-order valence-corrected chi connectivity index (χ1v) is 6.54. The first-order valence-electron chi connectivity index (χ1n) is 6.54. The highest BCUT2D eigenvalue weighted by atomic mass is 16.5. The van der Waals surface area contributed by atoms with Crippen LogP contribution >= 0.6 is 0 Å². The number of carboxylic acids is 1. The van der Waals surface area contributed by atoms with Crippen molar-refractivity contribution in [1.82, 2.24) is 0 Å². The molecule has 0 amide bonds. The standard InChI is InChI=1S/C15H20O3/c1-18-14-7-3-5-12(10-14)8-11-4-2-6-13(9-11)15(16)17/h3,5,7,10-11,13H,2,4,6,8-9H2,1H3,(H,16,17). The molecule has 0 heterocycles. The summed E-state index contributed by atoms with van der Waals surface area (Å²) in [7, 11) is 1.67. The third kappa shape index (κ3) is 3.25. The van der Waals surface area contributed by atoms with Crippen molar-refractivity contribution in [3.63, 3.8) is 0 Å². The fourth-order valence-corrected chi connectivity index (χ4v) is 2.83. The zero-order valence-electron chi connectivity index (χ0n) is 10.8. The zero-order chi connectivity index (χ0) is 13.0. The molecule has 1 aromatic carbocycles. The Morgan fingerprint density at radius 3 is 3.00 bits per heavy atom. The Labute approximate surface area is 108 Å². The molecule has 2 rings (SSSR count). The van der Waals surface area contributed by atoms with Gasteiger partial charge in [-0.3, -0.25) is 4.79 Å². The monoisotopic (exact) mass is 248 g/mol. The molecule has 0 bridgehead atoms. The fraction of sp³-hybridized carbons (Fsp3) is 0.533. The van der Waals surface area contributed by atoms with Crippen LogP contribution in [0.15, 0.2) is 24.3 Å². The van der Waals surface area contributed by atoms with E-state index in [1.54, 1.807) is 7.11 Å². The second kappa shape index (κ2) is 5.89. The van der Waals surface area contributed by atoms with Crippen molar-refractivity contribution in [2.45, 2.75) is 32.1 Å². The molecule has 1 aliphatic rings. The maximum atomic E-state index is 11.0. The van der Waals surface area contributed by atoms with Gasteiger partial charge in [-0.25, -0.2) is 0 Å². The van der Waals surface area contributed by atoms with Crippen LogP contribution in [0.25, 0.3) is 0 Å². The highest BCUT2D eigenvalue weighted by Gasteiger charge is 2.26. The smallest absolute Gasteiger partial charge is 0.306 e. The summed E-state index contributed by atoms with van der Waals surface area (Å²) in [5.41, 5.74) is 1.24. The Hall–Kier alpha value is -1.51. The minimum Gasteiger partial charge on any atom is -0.497 e. The van der Waals surface area contributed by atoms with E-state index >= 15 is 0 Å². The molecule has 98 valence electrons. The van der Waals surface area contributed by atoms with Crippen LogP contribution in [0, 0.1) is 11.8 Å². The molecule has 0 aromatic heterocycles. The molecule has 0 aliphatic heterocycles. The molecule has 1 saturated carbocycles. The maximum absolute atomic E-state index is 11.0. The molecule has 1 aromatic rings. The third-order valence-electron chi connectivity index (χ3n) is 3.79. The third-order valence-corrected chi connectivity index (χ3v) is 3.79.